The summed E-state index contributed by atoms with van der Waals surface area (Å²) in [5.74, 6) is 0.727. The van der Waals surface area contributed by atoms with Crippen LogP contribution in [-0.4, -0.2) is 18.2 Å². The van der Waals surface area contributed by atoms with Crippen LogP contribution < -0.4 is 5.73 Å². The maximum absolute atomic E-state index is 6.38. The molecule has 1 aliphatic carbocycles. The van der Waals surface area contributed by atoms with E-state index in [9.17, 15) is 0 Å². The average Bonchev–Trinajstić information content (AvgIpc) is 2.32. The molecule has 1 heterocycles. The van der Waals surface area contributed by atoms with Gasteiger partial charge in [-0.15, -0.1) is 0 Å². The molecule has 0 amide bonds. The topological polar surface area (TPSA) is 35.2 Å². The Kier molecular flexibility index (Phi) is 4.87. The minimum absolute atomic E-state index is 0.268. The van der Waals surface area contributed by atoms with Gasteiger partial charge in [0.05, 0.1) is 5.60 Å². The minimum Gasteiger partial charge on any atom is -0.375 e. The van der Waals surface area contributed by atoms with E-state index in [1.54, 1.807) is 0 Å². The largest absolute Gasteiger partial charge is 0.375 e. The monoisotopic (exact) mass is 239 g/mol. The quantitative estimate of drug-likeness (QED) is 0.718. The van der Waals surface area contributed by atoms with Crippen LogP contribution in [0, 0.1) is 5.92 Å². The molecular formula is C15H29NO. The lowest BCUT2D eigenvalue weighted by molar-refractivity contribution is -0.146. The molecule has 0 aromatic rings. The highest BCUT2D eigenvalue weighted by Crippen LogP contribution is 2.45. The van der Waals surface area contributed by atoms with Crippen molar-refractivity contribution in [3.8, 4) is 0 Å². The second-order valence-electron chi connectivity index (χ2n) is 6.15. The number of hydrogen-bond donors (Lipinski definition) is 1. The summed E-state index contributed by atoms with van der Waals surface area (Å²) < 4.78 is 5.97. The highest BCUT2D eigenvalue weighted by molar-refractivity contribution is 4.96. The van der Waals surface area contributed by atoms with Crippen molar-refractivity contribution < 1.29 is 4.74 Å². The summed E-state index contributed by atoms with van der Waals surface area (Å²) in [6.45, 7) is 3.21. The maximum Gasteiger partial charge on any atom is 0.0685 e. The van der Waals surface area contributed by atoms with Crippen molar-refractivity contribution in [3.05, 3.63) is 0 Å². The van der Waals surface area contributed by atoms with Gasteiger partial charge in [0.1, 0.15) is 0 Å². The van der Waals surface area contributed by atoms with Crippen molar-refractivity contribution in [2.24, 2.45) is 11.7 Å². The molecule has 100 valence electrons. The summed E-state index contributed by atoms with van der Waals surface area (Å²) in [5.41, 5.74) is 6.64. The van der Waals surface area contributed by atoms with Crippen LogP contribution in [0.25, 0.3) is 0 Å². The molecule has 2 heteroatoms. The highest BCUT2D eigenvalue weighted by atomic mass is 16.5. The summed E-state index contributed by atoms with van der Waals surface area (Å²) >= 11 is 0. The third-order valence-electron chi connectivity index (χ3n) is 4.79. The summed E-state index contributed by atoms with van der Waals surface area (Å²) in [5, 5.41) is 0. The molecule has 2 N–H and O–H groups in total. The Balaban J connectivity index is 1.69. The Bertz CT molecular complexity index is 225. The second-order valence-corrected chi connectivity index (χ2v) is 6.15. The molecule has 17 heavy (non-hydrogen) atoms. The van der Waals surface area contributed by atoms with Crippen molar-refractivity contribution in [1.82, 2.24) is 0 Å². The SMILES string of the molecule is CCCCCCC(N)C1CCOC2(CCC2)C1. The molecule has 1 aliphatic heterocycles. The first-order valence-corrected chi connectivity index (χ1v) is 7.65. The Morgan fingerprint density at radius 3 is 2.76 bits per heavy atom. The Morgan fingerprint density at radius 2 is 2.12 bits per heavy atom. The van der Waals surface area contributed by atoms with E-state index in [1.807, 2.05) is 0 Å². The Hall–Kier alpha value is -0.0800. The van der Waals surface area contributed by atoms with Gasteiger partial charge in [0.15, 0.2) is 0 Å². The summed E-state index contributed by atoms with van der Waals surface area (Å²) in [6, 6.07) is 0.424. The first-order valence-electron chi connectivity index (χ1n) is 7.65. The molecule has 2 aliphatic rings. The molecule has 0 aromatic carbocycles. The van der Waals surface area contributed by atoms with Gasteiger partial charge in [0, 0.05) is 12.6 Å². The zero-order valence-corrected chi connectivity index (χ0v) is 11.4. The molecule has 2 rings (SSSR count). The van der Waals surface area contributed by atoms with Crippen molar-refractivity contribution in [2.45, 2.75) is 82.8 Å². The van der Waals surface area contributed by atoms with E-state index in [2.05, 4.69) is 6.92 Å². The van der Waals surface area contributed by atoms with Crippen LogP contribution in [0.4, 0.5) is 0 Å². The average molecular weight is 239 g/mol. The van der Waals surface area contributed by atoms with Gasteiger partial charge in [-0.2, -0.15) is 0 Å². The van der Waals surface area contributed by atoms with Crippen molar-refractivity contribution in [1.29, 1.82) is 0 Å². The van der Waals surface area contributed by atoms with Crippen LogP contribution in [-0.2, 0) is 4.74 Å². The van der Waals surface area contributed by atoms with Gasteiger partial charge in [0.25, 0.3) is 0 Å². The number of nitrogens with two attached hydrogens (primary N) is 1. The first kappa shape index (κ1) is 13.4. The molecule has 1 saturated carbocycles. The van der Waals surface area contributed by atoms with Crippen LogP contribution in [0.15, 0.2) is 0 Å². The van der Waals surface area contributed by atoms with E-state index in [-0.39, 0.29) is 5.60 Å². The van der Waals surface area contributed by atoms with E-state index >= 15 is 0 Å². The zero-order chi connectivity index (χ0) is 12.1. The standard InChI is InChI=1S/C15H29NO/c1-2-3-4-5-7-14(16)13-8-11-17-15(12-13)9-6-10-15/h13-14H,2-12,16H2,1H3. The molecular weight excluding hydrogens is 210 g/mol. The van der Waals surface area contributed by atoms with Gasteiger partial charge in [-0.1, -0.05) is 32.6 Å². The van der Waals surface area contributed by atoms with E-state index in [4.69, 9.17) is 10.5 Å². The molecule has 2 unspecified atom stereocenters. The van der Waals surface area contributed by atoms with Crippen LogP contribution in [0.2, 0.25) is 0 Å². The van der Waals surface area contributed by atoms with Gasteiger partial charge in [-0.3, -0.25) is 0 Å². The molecule has 1 saturated heterocycles. The lowest BCUT2D eigenvalue weighted by Crippen LogP contribution is -2.49. The van der Waals surface area contributed by atoms with Crippen LogP contribution in [0.5, 0.6) is 0 Å². The van der Waals surface area contributed by atoms with E-state index in [0.29, 0.717) is 6.04 Å². The molecule has 2 nitrogen and oxygen atoms in total. The lowest BCUT2D eigenvalue weighted by Gasteiger charge is -2.48. The molecule has 2 atom stereocenters. The third-order valence-corrected chi connectivity index (χ3v) is 4.79. The number of ether oxygens (including phenoxy) is 1. The number of rotatable bonds is 6. The second kappa shape index (κ2) is 6.19. The van der Waals surface area contributed by atoms with Gasteiger partial charge in [-0.05, 0) is 44.4 Å². The maximum atomic E-state index is 6.38. The van der Waals surface area contributed by atoms with Gasteiger partial charge in [-0.25, -0.2) is 0 Å². The lowest BCUT2D eigenvalue weighted by atomic mass is 9.70. The normalized spacial score (nSPS) is 28.9. The predicted octanol–water partition coefficient (Wildman–Crippen LogP) is 3.63. The fourth-order valence-electron chi connectivity index (χ4n) is 3.39. The van der Waals surface area contributed by atoms with Crippen molar-refractivity contribution in [3.63, 3.8) is 0 Å². The zero-order valence-electron chi connectivity index (χ0n) is 11.4. The molecule has 2 fully saturated rings. The summed E-state index contributed by atoms with van der Waals surface area (Å²) in [7, 11) is 0. The van der Waals surface area contributed by atoms with Crippen LogP contribution in [0.1, 0.15) is 71.1 Å². The summed E-state index contributed by atoms with van der Waals surface area (Å²) in [6.07, 6.45) is 12.9. The fourth-order valence-corrected chi connectivity index (χ4v) is 3.39. The smallest absolute Gasteiger partial charge is 0.0685 e. The number of unbranched alkanes of at least 4 members (excludes halogenated alkanes) is 3. The minimum atomic E-state index is 0.268. The Morgan fingerprint density at radius 1 is 1.29 bits per heavy atom. The van der Waals surface area contributed by atoms with E-state index < -0.39 is 0 Å². The molecule has 0 bridgehead atoms. The fraction of sp³-hybridized carbons (Fsp3) is 1.00. The third kappa shape index (κ3) is 3.45. The Labute approximate surface area is 106 Å². The van der Waals surface area contributed by atoms with Crippen LogP contribution >= 0.6 is 0 Å². The van der Waals surface area contributed by atoms with Crippen molar-refractivity contribution in [2.75, 3.05) is 6.61 Å². The van der Waals surface area contributed by atoms with Crippen LogP contribution in [0.3, 0.4) is 0 Å². The summed E-state index contributed by atoms with van der Waals surface area (Å²) in [4.78, 5) is 0. The van der Waals surface area contributed by atoms with Crippen molar-refractivity contribution >= 4 is 0 Å². The molecule has 0 aromatic heterocycles. The number of hydrogen-bond acceptors (Lipinski definition) is 2. The van der Waals surface area contributed by atoms with Gasteiger partial charge in [0.2, 0.25) is 0 Å². The van der Waals surface area contributed by atoms with Gasteiger partial charge >= 0.3 is 0 Å². The van der Waals surface area contributed by atoms with Gasteiger partial charge < -0.3 is 10.5 Å². The highest BCUT2D eigenvalue weighted by Gasteiger charge is 2.43. The van der Waals surface area contributed by atoms with E-state index in [0.717, 1.165) is 12.5 Å². The van der Waals surface area contributed by atoms with E-state index in [1.165, 1.54) is 64.2 Å². The first-order chi connectivity index (χ1) is 8.26. The molecule has 1 spiro atoms. The predicted molar refractivity (Wildman–Crippen MR) is 72.0 cm³/mol. The molecule has 0 radical (unpaired) electrons.